The number of rotatable bonds is 20. The van der Waals surface area contributed by atoms with Crippen molar-refractivity contribution >= 4 is 11.9 Å². The Balaban J connectivity index is 1.25. The highest BCUT2D eigenvalue weighted by Gasteiger charge is 2.59. The number of nitrogens with two attached hydrogens (primary N) is 2. The van der Waals surface area contributed by atoms with Crippen LogP contribution in [-0.2, 0) is 14.3 Å². The molecule has 0 heterocycles. The standard InChI is InChI=1S/C42H75N3O3/c1-31(2)14-12-15-32(3)36-18-19-37-35-17-16-33-30-34(22-24-41(33,4)38(35)23-25-42(36,37)5)48-40(47)21-20-39(46)45(29-13-27-44)28-11-9-7-6-8-10-26-43/h16,31-32,34-38H,6-15,17-30,43-44H2,1-5H3/t32-,34+,35+,36-,37+,38+,41+,42-/m1/s1. The minimum absolute atomic E-state index is 0.0486. The molecule has 276 valence electrons. The second-order valence-electron chi connectivity index (χ2n) is 17.6. The van der Waals surface area contributed by atoms with Crippen molar-refractivity contribution in [3.8, 4) is 0 Å². The number of unbranched alkanes of at least 4 members (excludes halogenated alkanes) is 5. The highest BCUT2D eigenvalue weighted by atomic mass is 16.5. The van der Waals surface area contributed by atoms with Gasteiger partial charge in [0.2, 0.25) is 5.91 Å². The Morgan fingerprint density at radius 1 is 0.833 bits per heavy atom. The third-order valence-electron chi connectivity index (χ3n) is 14.0. The highest BCUT2D eigenvalue weighted by Crippen LogP contribution is 2.67. The molecule has 6 nitrogen and oxygen atoms in total. The molecule has 48 heavy (non-hydrogen) atoms. The molecule has 0 spiro atoms. The van der Waals surface area contributed by atoms with E-state index in [1.807, 2.05) is 4.90 Å². The molecule has 8 atom stereocenters. The molecule has 4 aliphatic rings. The molecule has 4 rings (SSSR count). The third kappa shape index (κ3) is 9.89. The van der Waals surface area contributed by atoms with Crippen LogP contribution in [0, 0.1) is 46.3 Å². The van der Waals surface area contributed by atoms with Gasteiger partial charge in [-0.15, -0.1) is 0 Å². The molecule has 3 fully saturated rings. The van der Waals surface area contributed by atoms with E-state index < -0.39 is 0 Å². The number of hydrogen-bond acceptors (Lipinski definition) is 5. The summed E-state index contributed by atoms with van der Waals surface area (Å²) >= 11 is 0. The SMILES string of the molecule is CC(C)CCC[C@@H](C)[C@H]1CC[C@H]2[C@@H]3CC=C4C[C@@H](OC(=O)CCC(=O)N(CCCN)CCCCCCCCN)CC[C@]4(C)[C@H]3CC[C@]12C. The maximum atomic E-state index is 13.1. The smallest absolute Gasteiger partial charge is 0.306 e. The molecule has 4 N–H and O–H groups in total. The Bertz CT molecular complexity index is 1040. The van der Waals surface area contributed by atoms with Crippen molar-refractivity contribution in [2.45, 2.75) is 169 Å². The van der Waals surface area contributed by atoms with E-state index in [2.05, 4.69) is 40.7 Å². The van der Waals surface area contributed by atoms with E-state index in [1.54, 1.807) is 5.57 Å². The van der Waals surface area contributed by atoms with Gasteiger partial charge in [0.15, 0.2) is 0 Å². The van der Waals surface area contributed by atoms with Gasteiger partial charge in [0.05, 0.1) is 6.42 Å². The molecular weight excluding hydrogens is 594 g/mol. The zero-order chi connectivity index (χ0) is 34.7. The first-order chi connectivity index (χ1) is 23.0. The van der Waals surface area contributed by atoms with E-state index in [1.165, 1.54) is 70.6 Å². The first-order valence-corrected chi connectivity index (χ1v) is 20.6. The topological polar surface area (TPSA) is 98.7 Å². The fourth-order valence-electron chi connectivity index (χ4n) is 11.2. The molecule has 0 saturated heterocycles. The number of amides is 1. The summed E-state index contributed by atoms with van der Waals surface area (Å²) in [6.07, 6.45) is 24.4. The largest absolute Gasteiger partial charge is 0.462 e. The Morgan fingerprint density at radius 3 is 2.27 bits per heavy atom. The average molecular weight is 670 g/mol. The van der Waals surface area contributed by atoms with E-state index >= 15 is 0 Å². The van der Waals surface area contributed by atoms with E-state index in [4.69, 9.17) is 16.2 Å². The predicted molar refractivity (Wildman–Crippen MR) is 199 cm³/mol. The van der Waals surface area contributed by atoms with Gasteiger partial charge in [-0.25, -0.2) is 0 Å². The monoisotopic (exact) mass is 670 g/mol. The fraction of sp³-hybridized carbons (Fsp3) is 0.905. The van der Waals surface area contributed by atoms with Gasteiger partial charge in [-0.3, -0.25) is 9.59 Å². The van der Waals surface area contributed by atoms with E-state index in [0.29, 0.717) is 18.5 Å². The van der Waals surface area contributed by atoms with E-state index in [0.717, 1.165) is 93.5 Å². The molecule has 1 amide bonds. The lowest BCUT2D eigenvalue weighted by Gasteiger charge is -2.58. The summed E-state index contributed by atoms with van der Waals surface area (Å²) in [5.74, 6) is 4.84. The summed E-state index contributed by atoms with van der Waals surface area (Å²) < 4.78 is 6.07. The van der Waals surface area contributed by atoms with Crippen LogP contribution >= 0.6 is 0 Å². The van der Waals surface area contributed by atoms with Crippen LogP contribution in [0.5, 0.6) is 0 Å². The Labute approximate surface area is 295 Å². The minimum atomic E-state index is -0.210. The molecule has 0 aromatic rings. The zero-order valence-electron chi connectivity index (χ0n) is 31.9. The van der Waals surface area contributed by atoms with Crippen molar-refractivity contribution < 1.29 is 14.3 Å². The first-order valence-electron chi connectivity index (χ1n) is 20.6. The average Bonchev–Trinajstić information content (AvgIpc) is 3.42. The predicted octanol–water partition coefficient (Wildman–Crippen LogP) is 9.20. The van der Waals surface area contributed by atoms with Crippen LogP contribution in [0.15, 0.2) is 11.6 Å². The van der Waals surface area contributed by atoms with Crippen LogP contribution in [0.25, 0.3) is 0 Å². The quantitative estimate of drug-likeness (QED) is 0.0765. The maximum absolute atomic E-state index is 13.1. The summed E-state index contributed by atoms with van der Waals surface area (Å²) in [6, 6.07) is 0. The maximum Gasteiger partial charge on any atom is 0.306 e. The lowest BCUT2D eigenvalue weighted by molar-refractivity contribution is -0.153. The zero-order valence-corrected chi connectivity index (χ0v) is 31.9. The van der Waals surface area contributed by atoms with Gasteiger partial charge >= 0.3 is 5.97 Å². The van der Waals surface area contributed by atoms with Crippen molar-refractivity contribution in [2.75, 3.05) is 26.2 Å². The van der Waals surface area contributed by atoms with E-state index in [9.17, 15) is 9.59 Å². The van der Waals surface area contributed by atoms with Crippen LogP contribution in [0.1, 0.15) is 163 Å². The van der Waals surface area contributed by atoms with Crippen LogP contribution in [0.2, 0.25) is 0 Å². The van der Waals surface area contributed by atoms with Gasteiger partial charge in [-0.05, 0) is 124 Å². The van der Waals surface area contributed by atoms with Gasteiger partial charge in [0.1, 0.15) is 6.10 Å². The summed E-state index contributed by atoms with van der Waals surface area (Å²) in [6.45, 7) is 15.3. The number of esters is 1. The van der Waals surface area contributed by atoms with Crippen LogP contribution < -0.4 is 11.5 Å². The highest BCUT2D eigenvalue weighted by molar-refractivity contribution is 5.81. The van der Waals surface area contributed by atoms with Gasteiger partial charge in [-0.2, -0.15) is 0 Å². The summed E-state index contributed by atoms with van der Waals surface area (Å²) in [5.41, 5.74) is 13.7. The molecule has 0 bridgehead atoms. The Morgan fingerprint density at radius 2 is 1.54 bits per heavy atom. The van der Waals surface area contributed by atoms with Gasteiger partial charge in [0.25, 0.3) is 0 Å². The van der Waals surface area contributed by atoms with Crippen LogP contribution in [0.4, 0.5) is 0 Å². The third-order valence-corrected chi connectivity index (χ3v) is 14.0. The molecule has 0 aromatic heterocycles. The van der Waals surface area contributed by atoms with Crippen molar-refractivity contribution in [1.82, 2.24) is 4.90 Å². The summed E-state index contributed by atoms with van der Waals surface area (Å²) in [5, 5.41) is 0. The van der Waals surface area contributed by atoms with Crippen molar-refractivity contribution in [3.63, 3.8) is 0 Å². The second kappa shape index (κ2) is 18.7. The molecular formula is C42H75N3O3. The number of carbonyl (C=O) groups excluding carboxylic acids is 2. The van der Waals surface area contributed by atoms with E-state index in [-0.39, 0.29) is 36.2 Å². The molecule has 0 aliphatic heterocycles. The molecule has 0 unspecified atom stereocenters. The van der Waals surface area contributed by atoms with Crippen molar-refractivity contribution in [3.05, 3.63) is 11.6 Å². The number of fused-ring (bicyclic) bond motifs is 5. The molecule has 0 radical (unpaired) electrons. The number of ether oxygens (including phenoxy) is 1. The Kier molecular flexibility index (Phi) is 15.4. The lowest BCUT2D eigenvalue weighted by atomic mass is 9.47. The normalized spacial score (nSPS) is 31.8. The van der Waals surface area contributed by atoms with Crippen molar-refractivity contribution in [2.24, 2.45) is 57.8 Å². The summed E-state index contributed by atoms with van der Waals surface area (Å²) in [4.78, 5) is 28.0. The van der Waals surface area contributed by atoms with Gasteiger partial charge in [0, 0.05) is 25.9 Å². The van der Waals surface area contributed by atoms with Crippen molar-refractivity contribution in [1.29, 1.82) is 0 Å². The van der Waals surface area contributed by atoms with Crippen LogP contribution in [-0.4, -0.2) is 49.1 Å². The number of hydrogen-bond donors (Lipinski definition) is 2. The molecule has 0 aromatic carbocycles. The minimum Gasteiger partial charge on any atom is -0.462 e. The number of nitrogens with zero attached hydrogens (tertiary/aromatic N) is 1. The second-order valence-corrected chi connectivity index (χ2v) is 17.6. The summed E-state index contributed by atoms with van der Waals surface area (Å²) in [7, 11) is 0. The van der Waals surface area contributed by atoms with Crippen LogP contribution in [0.3, 0.4) is 0 Å². The Hall–Kier alpha value is -1.40. The number of carbonyl (C=O) groups is 2. The molecule has 3 saturated carbocycles. The molecule has 6 heteroatoms. The van der Waals surface area contributed by atoms with Gasteiger partial charge in [-0.1, -0.05) is 91.2 Å². The fourth-order valence-corrected chi connectivity index (χ4v) is 11.2. The lowest BCUT2D eigenvalue weighted by Crippen LogP contribution is -2.51. The van der Waals surface area contributed by atoms with Gasteiger partial charge < -0.3 is 21.1 Å². The first kappa shape index (κ1) is 39.4. The molecule has 4 aliphatic carbocycles. The number of allylic oxidation sites excluding steroid dienone is 1.